The summed E-state index contributed by atoms with van der Waals surface area (Å²) in [6, 6.07) is 1.09. The van der Waals surface area contributed by atoms with Crippen LogP contribution in [0.3, 0.4) is 0 Å². The van der Waals surface area contributed by atoms with E-state index in [1.54, 1.807) is 13.2 Å². The summed E-state index contributed by atoms with van der Waals surface area (Å²) < 4.78 is 76.2. The average molecular weight is 666 g/mol. The first-order valence-electron chi connectivity index (χ1n) is 16.3. The van der Waals surface area contributed by atoms with Gasteiger partial charge < -0.3 is 15.4 Å². The number of halogens is 5. The number of amides is 2. The molecule has 6 rings (SSSR count). The maximum atomic E-state index is 14.2. The minimum Gasteiger partial charge on any atom is -0.381 e. The van der Waals surface area contributed by atoms with Gasteiger partial charge in [-0.3, -0.25) is 19.6 Å². The van der Waals surface area contributed by atoms with E-state index in [2.05, 4.69) is 20.6 Å². The van der Waals surface area contributed by atoms with Gasteiger partial charge >= 0.3 is 6.18 Å². The predicted octanol–water partition coefficient (Wildman–Crippen LogP) is 4.62. The van der Waals surface area contributed by atoms with Gasteiger partial charge in [0.05, 0.1) is 41.9 Å². The van der Waals surface area contributed by atoms with Gasteiger partial charge in [0.1, 0.15) is 5.71 Å². The summed E-state index contributed by atoms with van der Waals surface area (Å²) in [4.78, 5) is 39.7. The number of piperidine rings is 1. The van der Waals surface area contributed by atoms with Crippen molar-refractivity contribution in [1.29, 1.82) is 0 Å². The molecular weight excluding hydrogens is 625 g/mol. The van der Waals surface area contributed by atoms with E-state index in [0.29, 0.717) is 42.4 Å². The van der Waals surface area contributed by atoms with Crippen molar-refractivity contribution in [3.8, 4) is 0 Å². The van der Waals surface area contributed by atoms with Gasteiger partial charge in [-0.25, -0.2) is 18.3 Å². The summed E-state index contributed by atoms with van der Waals surface area (Å²) in [6.45, 7) is 0.466. The first-order chi connectivity index (χ1) is 22.4. The molecule has 4 fully saturated rings. The number of ether oxygens (including phenoxy) is 1. The molecule has 47 heavy (non-hydrogen) atoms. The SMILES string of the molecule is CN=C(C(=O)N[C@H](c1cn2nc(C[C@H]3C[C@@H](C(F)(F)F)CNC3=O)c([C@H]3CCOC3)cc2n1)C1CCC(F)(F)CC1)C(=NC)C1CC1. The van der Waals surface area contributed by atoms with E-state index < -0.39 is 48.3 Å². The van der Waals surface area contributed by atoms with Gasteiger partial charge in [0.2, 0.25) is 11.8 Å². The molecule has 2 saturated carbocycles. The second-order valence-corrected chi connectivity index (χ2v) is 13.3. The molecule has 2 saturated heterocycles. The van der Waals surface area contributed by atoms with Gasteiger partial charge in [0, 0.05) is 64.3 Å². The number of alkyl halides is 5. The van der Waals surface area contributed by atoms with Crippen molar-refractivity contribution in [3.63, 3.8) is 0 Å². The van der Waals surface area contributed by atoms with Crippen LogP contribution in [0.1, 0.15) is 80.3 Å². The number of aliphatic imine (C=N–C) groups is 2. The van der Waals surface area contributed by atoms with E-state index in [0.717, 1.165) is 18.4 Å². The minimum absolute atomic E-state index is 0.00217. The predicted molar refractivity (Wildman–Crippen MR) is 163 cm³/mol. The Morgan fingerprint density at radius 3 is 2.53 bits per heavy atom. The molecule has 15 heteroatoms. The second-order valence-electron chi connectivity index (χ2n) is 13.3. The number of hydrogen-bond acceptors (Lipinski definition) is 7. The summed E-state index contributed by atoms with van der Waals surface area (Å²) in [7, 11) is 3.14. The lowest BCUT2D eigenvalue weighted by Crippen LogP contribution is -2.47. The molecule has 256 valence electrons. The standard InChI is InChI=1S/C32H40F5N7O3/c1-38-27(17-3-4-17)28(39-2)30(46)42-26(18-5-8-31(33,34)9-6-18)24-15-44-25(41-24)13-22(19-7-10-47-16-19)23(43-44)12-20-11-21(32(35,36)37)14-40-29(20)45/h13,15,17-21,26H,3-12,14,16H2,1-2H3,(H,40,45)(H,42,46)/t19-,20+,21+,26-/m0/s1. The zero-order valence-corrected chi connectivity index (χ0v) is 26.5. The Morgan fingerprint density at radius 1 is 1.17 bits per heavy atom. The van der Waals surface area contributed by atoms with Crippen LogP contribution in [-0.2, 0) is 20.7 Å². The molecule has 0 radical (unpaired) electrons. The molecule has 0 unspecified atom stereocenters. The van der Waals surface area contributed by atoms with E-state index in [9.17, 15) is 31.5 Å². The lowest BCUT2D eigenvalue weighted by atomic mass is 9.81. The van der Waals surface area contributed by atoms with Crippen LogP contribution in [0.5, 0.6) is 0 Å². The lowest BCUT2D eigenvalue weighted by molar-refractivity contribution is -0.183. The third-order valence-electron chi connectivity index (χ3n) is 10.0. The molecule has 0 spiro atoms. The van der Waals surface area contributed by atoms with Crippen LogP contribution < -0.4 is 10.6 Å². The van der Waals surface area contributed by atoms with Gasteiger partial charge in [-0.05, 0) is 56.1 Å². The van der Waals surface area contributed by atoms with E-state index in [1.807, 2.05) is 6.07 Å². The molecule has 2 aliphatic heterocycles. The van der Waals surface area contributed by atoms with Crippen LogP contribution in [0, 0.1) is 23.7 Å². The molecule has 0 bridgehead atoms. The second kappa shape index (κ2) is 13.2. The number of carbonyl (C=O) groups excluding carboxylic acids is 2. The molecule has 0 aromatic carbocycles. The zero-order valence-electron chi connectivity index (χ0n) is 26.5. The van der Waals surface area contributed by atoms with E-state index in [4.69, 9.17) is 14.8 Å². The van der Waals surface area contributed by atoms with Crippen molar-refractivity contribution < 1.29 is 36.3 Å². The Hall–Kier alpha value is -3.49. The molecule has 2 aliphatic carbocycles. The molecule has 2 aromatic heterocycles. The van der Waals surface area contributed by atoms with Gasteiger partial charge in [-0.2, -0.15) is 18.3 Å². The highest BCUT2D eigenvalue weighted by Crippen LogP contribution is 2.42. The molecule has 2 aromatic rings. The van der Waals surface area contributed by atoms with Crippen LogP contribution in [-0.4, -0.2) is 83.8 Å². The van der Waals surface area contributed by atoms with Crippen LogP contribution in [0.2, 0.25) is 0 Å². The van der Waals surface area contributed by atoms with Gasteiger partial charge in [0.15, 0.2) is 5.65 Å². The van der Waals surface area contributed by atoms with Crippen LogP contribution in [0.15, 0.2) is 22.2 Å². The Balaban J connectivity index is 1.34. The summed E-state index contributed by atoms with van der Waals surface area (Å²) in [5, 5.41) is 10.2. The maximum Gasteiger partial charge on any atom is 0.393 e. The Morgan fingerprint density at radius 2 is 1.91 bits per heavy atom. The largest absolute Gasteiger partial charge is 0.393 e. The van der Waals surface area contributed by atoms with Gasteiger partial charge in [-0.1, -0.05) is 0 Å². The van der Waals surface area contributed by atoms with E-state index in [-0.39, 0.29) is 62.0 Å². The summed E-state index contributed by atoms with van der Waals surface area (Å²) in [5.41, 5.74) is 2.91. The highest BCUT2D eigenvalue weighted by Gasteiger charge is 2.45. The van der Waals surface area contributed by atoms with Crippen molar-refractivity contribution >= 4 is 28.9 Å². The third kappa shape index (κ3) is 7.34. The first-order valence-corrected chi connectivity index (χ1v) is 16.3. The van der Waals surface area contributed by atoms with Gasteiger partial charge in [0.25, 0.3) is 5.91 Å². The normalized spacial score (nSPS) is 26.8. The Labute approximate surface area is 269 Å². The average Bonchev–Trinajstić information content (AvgIpc) is 3.54. The molecule has 4 atom stereocenters. The quantitative estimate of drug-likeness (QED) is 0.299. The molecule has 2 amide bonds. The fourth-order valence-corrected chi connectivity index (χ4v) is 7.20. The number of rotatable bonds is 9. The van der Waals surface area contributed by atoms with Crippen molar-refractivity contribution in [2.24, 2.45) is 33.7 Å². The zero-order chi connectivity index (χ0) is 33.5. The number of nitrogens with one attached hydrogen (secondary N) is 2. The summed E-state index contributed by atoms with van der Waals surface area (Å²) in [6.07, 6.45) is -0.928. The Kier molecular flexibility index (Phi) is 9.38. The van der Waals surface area contributed by atoms with Crippen LogP contribution >= 0.6 is 0 Å². The smallest absolute Gasteiger partial charge is 0.381 e. The lowest BCUT2D eigenvalue weighted by Gasteiger charge is -2.33. The topological polar surface area (TPSA) is 122 Å². The summed E-state index contributed by atoms with van der Waals surface area (Å²) >= 11 is 0. The number of nitrogens with zero attached hydrogens (tertiary/aromatic N) is 5. The summed E-state index contributed by atoms with van der Waals surface area (Å²) in [5.74, 6) is -6.51. The number of carbonyl (C=O) groups is 2. The number of imidazole rings is 1. The minimum atomic E-state index is -4.43. The fraction of sp³-hybridized carbons (Fsp3) is 0.688. The maximum absolute atomic E-state index is 14.2. The number of fused-ring (bicyclic) bond motifs is 1. The molecular formula is C32H40F5N7O3. The molecule has 10 nitrogen and oxygen atoms in total. The van der Waals surface area contributed by atoms with Crippen LogP contribution in [0.25, 0.3) is 5.65 Å². The third-order valence-corrected chi connectivity index (χ3v) is 10.0. The van der Waals surface area contributed by atoms with Crippen molar-refractivity contribution in [2.75, 3.05) is 33.9 Å². The van der Waals surface area contributed by atoms with Crippen molar-refractivity contribution in [1.82, 2.24) is 25.2 Å². The van der Waals surface area contributed by atoms with Crippen LogP contribution in [0.4, 0.5) is 22.0 Å². The number of aromatic nitrogens is 3. The molecule has 4 heterocycles. The van der Waals surface area contributed by atoms with Gasteiger partial charge in [-0.15, -0.1) is 0 Å². The highest BCUT2D eigenvalue weighted by molar-refractivity contribution is 6.67. The van der Waals surface area contributed by atoms with Crippen molar-refractivity contribution in [2.45, 2.75) is 81.8 Å². The monoisotopic (exact) mass is 665 g/mol. The first kappa shape index (κ1) is 33.4. The fourth-order valence-electron chi connectivity index (χ4n) is 7.20. The Bertz CT molecular complexity index is 1550. The van der Waals surface area contributed by atoms with E-state index in [1.165, 1.54) is 11.6 Å². The van der Waals surface area contributed by atoms with Crippen molar-refractivity contribution in [3.05, 3.63) is 29.2 Å². The highest BCUT2D eigenvalue weighted by atomic mass is 19.4. The molecule has 4 aliphatic rings. The number of hydrogen-bond donors (Lipinski definition) is 2. The van der Waals surface area contributed by atoms with E-state index >= 15 is 0 Å². The molecule has 2 N–H and O–H groups in total.